The van der Waals surface area contributed by atoms with Crippen LogP contribution in [0.4, 0.5) is 17.1 Å². The van der Waals surface area contributed by atoms with Gasteiger partial charge in [0.25, 0.3) is 10.0 Å². The third kappa shape index (κ3) is 5.59. The number of nitrogens with one attached hydrogen (secondary N) is 2. The largest absolute Gasteiger partial charge is 0.497 e. The van der Waals surface area contributed by atoms with Crippen molar-refractivity contribution in [1.29, 1.82) is 0 Å². The van der Waals surface area contributed by atoms with Gasteiger partial charge in [0.2, 0.25) is 5.91 Å². The molecule has 0 aliphatic rings. The molecule has 174 valence electrons. The number of amides is 1. The average Bonchev–Trinajstić information content (AvgIpc) is 2.83. The fraction of sp³-hybridized carbons (Fsp3) is 0.136. The number of rotatable bonds is 9. The molecule has 0 spiro atoms. The molecule has 3 aromatic carbocycles. The van der Waals surface area contributed by atoms with Gasteiger partial charge in [-0.15, -0.1) is 0 Å². The maximum atomic E-state index is 13.4. The molecule has 3 rings (SSSR count). The predicted molar refractivity (Wildman–Crippen MR) is 120 cm³/mol. The van der Waals surface area contributed by atoms with Gasteiger partial charge in [0.1, 0.15) is 18.0 Å². The summed E-state index contributed by atoms with van der Waals surface area (Å²) in [6.07, 6.45) is 0. The summed E-state index contributed by atoms with van der Waals surface area (Å²) >= 11 is 0. The van der Waals surface area contributed by atoms with Gasteiger partial charge in [-0.3, -0.25) is 9.10 Å². The number of hydrogen-bond acceptors (Lipinski definition) is 7. The SMILES string of the molecule is COc1ccc(OC)c(NC(=O)CN(c2ccc([NH+](O)O)cc2)S(=O)(=O)c2ccccc2)c1. The summed E-state index contributed by atoms with van der Waals surface area (Å²) in [4.78, 5) is 12.9. The molecule has 4 N–H and O–H groups in total. The lowest BCUT2D eigenvalue weighted by atomic mass is 10.2. The summed E-state index contributed by atoms with van der Waals surface area (Å²) in [5, 5.41) is 20.2. The Morgan fingerprint density at radius 3 is 2.21 bits per heavy atom. The average molecular weight is 475 g/mol. The van der Waals surface area contributed by atoms with E-state index in [0.717, 1.165) is 4.31 Å². The number of carbonyl (C=O) groups excluding carboxylic acids is 1. The van der Waals surface area contributed by atoms with Crippen LogP contribution in [0, 0.1) is 0 Å². The molecule has 33 heavy (non-hydrogen) atoms. The van der Waals surface area contributed by atoms with Crippen LogP contribution in [-0.4, -0.2) is 45.5 Å². The minimum Gasteiger partial charge on any atom is -0.497 e. The van der Waals surface area contributed by atoms with Gasteiger partial charge in [-0.05, 0) is 41.6 Å². The summed E-state index contributed by atoms with van der Waals surface area (Å²) in [6, 6.07) is 17.9. The van der Waals surface area contributed by atoms with Crippen LogP contribution in [-0.2, 0) is 14.8 Å². The molecule has 0 unspecified atom stereocenters. The molecule has 0 heterocycles. The van der Waals surface area contributed by atoms with E-state index in [9.17, 15) is 23.6 Å². The topological polar surface area (TPSA) is 130 Å². The molecule has 0 bridgehead atoms. The zero-order chi connectivity index (χ0) is 24.0. The molecule has 0 radical (unpaired) electrons. The first kappa shape index (κ1) is 24.0. The number of carbonyl (C=O) groups is 1. The molecule has 0 aliphatic carbocycles. The van der Waals surface area contributed by atoms with E-state index in [4.69, 9.17) is 9.47 Å². The molecular formula is C22H24N3O7S+. The van der Waals surface area contributed by atoms with Crippen molar-refractivity contribution in [1.82, 2.24) is 0 Å². The second kappa shape index (κ2) is 10.3. The van der Waals surface area contributed by atoms with Crippen LogP contribution in [0.3, 0.4) is 0 Å². The van der Waals surface area contributed by atoms with Gasteiger partial charge in [0.15, 0.2) is 5.69 Å². The highest BCUT2D eigenvalue weighted by Crippen LogP contribution is 2.29. The van der Waals surface area contributed by atoms with Crippen LogP contribution < -0.4 is 24.3 Å². The summed E-state index contributed by atoms with van der Waals surface area (Å²) in [7, 11) is -1.20. The van der Waals surface area contributed by atoms with Crippen molar-refractivity contribution < 1.29 is 38.3 Å². The first-order chi connectivity index (χ1) is 15.8. The van der Waals surface area contributed by atoms with Crippen LogP contribution in [0.5, 0.6) is 11.5 Å². The first-order valence-corrected chi connectivity index (χ1v) is 11.1. The Balaban J connectivity index is 1.96. The molecule has 0 aliphatic heterocycles. The second-order valence-corrected chi connectivity index (χ2v) is 8.67. The molecule has 0 saturated carbocycles. The Morgan fingerprint density at radius 1 is 0.970 bits per heavy atom. The third-order valence-corrected chi connectivity index (χ3v) is 6.50. The minimum absolute atomic E-state index is 0.00240. The number of anilines is 2. The molecule has 1 amide bonds. The summed E-state index contributed by atoms with van der Waals surface area (Å²) in [5.41, 5.74) is 0.576. The van der Waals surface area contributed by atoms with Gasteiger partial charge in [-0.2, -0.15) is 10.4 Å². The van der Waals surface area contributed by atoms with E-state index in [1.165, 1.54) is 50.6 Å². The normalized spacial score (nSPS) is 11.2. The summed E-state index contributed by atoms with van der Waals surface area (Å²) in [6.45, 7) is -0.550. The second-order valence-electron chi connectivity index (χ2n) is 6.81. The number of ether oxygens (including phenoxy) is 2. The fourth-order valence-electron chi connectivity index (χ4n) is 3.04. The number of nitrogens with zero attached hydrogens (tertiary/aromatic N) is 1. The van der Waals surface area contributed by atoms with E-state index >= 15 is 0 Å². The van der Waals surface area contributed by atoms with E-state index in [2.05, 4.69) is 5.32 Å². The Morgan fingerprint density at radius 2 is 1.64 bits per heavy atom. The Labute approximate surface area is 191 Å². The van der Waals surface area contributed by atoms with Gasteiger partial charge < -0.3 is 14.8 Å². The Hall–Kier alpha value is -3.64. The van der Waals surface area contributed by atoms with Crippen LogP contribution in [0.15, 0.2) is 77.7 Å². The lowest BCUT2D eigenvalue weighted by Crippen LogP contribution is -3.01. The van der Waals surface area contributed by atoms with E-state index in [1.54, 1.807) is 36.4 Å². The number of sulfonamides is 1. The molecule has 3 aromatic rings. The lowest BCUT2D eigenvalue weighted by molar-refractivity contribution is -1.19. The number of quaternary nitrogens is 1. The predicted octanol–water partition coefficient (Wildman–Crippen LogP) is 1.83. The van der Waals surface area contributed by atoms with Gasteiger partial charge in [-0.25, -0.2) is 8.42 Å². The van der Waals surface area contributed by atoms with Gasteiger partial charge in [0, 0.05) is 18.2 Å². The first-order valence-electron chi connectivity index (χ1n) is 9.71. The van der Waals surface area contributed by atoms with E-state index in [0.29, 0.717) is 17.2 Å². The molecule has 0 atom stereocenters. The van der Waals surface area contributed by atoms with Gasteiger partial charge in [0.05, 0.1) is 30.5 Å². The highest BCUT2D eigenvalue weighted by atomic mass is 32.2. The van der Waals surface area contributed by atoms with Crippen molar-refractivity contribution in [3.63, 3.8) is 0 Å². The standard InChI is InChI=1S/C22H23N3O7S/c1-31-18-12-13-21(32-2)20(14-18)23-22(26)15-24(16-8-10-17(11-9-16)25(27)28)33(29,30)19-6-4-3-5-7-19/h3-14,27-28H,15H2,1-2H3,(H,23,26)/p+1. The van der Waals surface area contributed by atoms with Crippen LogP contribution in [0.2, 0.25) is 0 Å². The fourth-order valence-corrected chi connectivity index (χ4v) is 4.49. The van der Waals surface area contributed by atoms with E-state index in [-0.39, 0.29) is 16.3 Å². The highest BCUT2D eigenvalue weighted by Gasteiger charge is 2.28. The molecule has 0 aromatic heterocycles. The van der Waals surface area contributed by atoms with E-state index < -0.39 is 27.7 Å². The summed E-state index contributed by atoms with van der Waals surface area (Å²) in [5.74, 6) is 0.233. The van der Waals surface area contributed by atoms with Crippen LogP contribution >= 0.6 is 0 Å². The number of hydrogen-bond donors (Lipinski definition) is 4. The van der Waals surface area contributed by atoms with E-state index in [1.807, 2.05) is 0 Å². The number of methoxy groups -OCH3 is 2. The van der Waals surface area contributed by atoms with Crippen LogP contribution in [0.25, 0.3) is 0 Å². The lowest BCUT2D eigenvalue weighted by Gasteiger charge is -2.24. The maximum absolute atomic E-state index is 13.4. The Bertz CT molecular complexity index is 1200. The van der Waals surface area contributed by atoms with Gasteiger partial charge >= 0.3 is 0 Å². The van der Waals surface area contributed by atoms with Crippen molar-refractivity contribution in [2.45, 2.75) is 4.90 Å². The van der Waals surface area contributed by atoms with Crippen molar-refractivity contribution in [3.05, 3.63) is 72.8 Å². The zero-order valence-corrected chi connectivity index (χ0v) is 18.7. The van der Waals surface area contributed by atoms with Crippen molar-refractivity contribution in [2.75, 3.05) is 30.4 Å². The highest BCUT2D eigenvalue weighted by molar-refractivity contribution is 7.92. The van der Waals surface area contributed by atoms with Crippen LogP contribution in [0.1, 0.15) is 0 Å². The minimum atomic E-state index is -4.12. The van der Waals surface area contributed by atoms with Crippen molar-refractivity contribution in [3.8, 4) is 11.5 Å². The molecule has 11 heteroatoms. The quantitative estimate of drug-likeness (QED) is 0.348. The summed E-state index contributed by atoms with van der Waals surface area (Å²) < 4.78 is 38.1. The van der Waals surface area contributed by atoms with Gasteiger partial charge in [-0.1, -0.05) is 18.2 Å². The third-order valence-electron chi connectivity index (χ3n) is 4.71. The zero-order valence-electron chi connectivity index (χ0n) is 17.9. The van der Waals surface area contributed by atoms with Crippen molar-refractivity contribution in [2.24, 2.45) is 0 Å². The smallest absolute Gasteiger partial charge is 0.264 e. The Kier molecular flexibility index (Phi) is 7.51. The monoisotopic (exact) mass is 474 g/mol. The number of benzene rings is 3. The molecule has 0 fully saturated rings. The molecule has 10 nitrogen and oxygen atoms in total. The molecular weight excluding hydrogens is 450 g/mol. The van der Waals surface area contributed by atoms with Crippen molar-refractivity contribution >= 4 is 33.0 Å². The maximum Gasteiger partial charge on any atom is 0.264 e. The molecule has 0 saturated heterocycles.